The fraction of sp³-hybridized carbons (Fsp3) is 0.429. The summed E-state index contributed by atoms with van der Waals surface area (Å²) in [6, 6.07) is 2.75. The first-order valence-electron chi connectivity index (χ1n) is 7.10. The van der Waals surface area contributed by atoms with Crippen molar-refractivity contribution in [2.45, 2.75) is 19.8 Å². The number of hydrogen-bond acceptors (Lipinski definition) is 7. The van der Waals surface area contributed by atoms with Gasteiger partial charge in [0, 0.05) is 25.2 Å². The highest BCUT2D eigenvalue weighted by Gasteiger charge is 2.23. The number of ether oxygens (including phenoxy) is 1. The van der Waals surface area contributed by atoms with Gasteiger partial charge in [-0.05, 0) is 6.42 Å². The lowest BCUT2D eigenvalue weighted by molar-refractivity contribution is -0.394. The molecule has 1 aromatic carbocycles. The summed E-state index contributed by atoms with van der Waals surface area (Å²) >= 11 is 0. The molecule has 1 amide bonds. The molecule has 0 N–H and O–H groups in total. The maximum Gasteiger partial charge on any atom is 0.307 e. The summed E-state index contributed by atoms with van der Waals surface area (Å²) in [6.07, 6.45) is 0.545. The molecule has 130 valence electrons. The molecule has 0 aliphatic heterocycles. The number of nitro benzene ring substituents is 2. The largest absolute Gasteiger partial charge is 0.469 e. The number of non-ortho nitro benzene ring substituents is 2. The van der Waals surface area contributed by atoms with E-state index in [0.717, 1.165) is 18.2 Å². The Morgan fingerprint density at radius 2 is 1.62 bits per heavy atom. The van der Waals surface area contributed by atoms with E-state index >= 15 is 0 Å². The minimum atomic E-state index is -0.803. The fourth-order valence-electron chi connectivity index (χ4n) is 2.03. The summed E-state index contributed by atoms with van der Waals surface area (Å²) in [6.45, 7) is 2.16. The number of amides is 1. The molecule has 0 fully saturated rings. The van der Waals surface area contributed by atoms with Crippen LogP contribution in [-0.2, 0) is 9.53 Å². The third-order valence-electron chi connectivity index (χ3n) is 3.17. The minimum absolute atomic E-state index is 0.0424. The molecule has 1 rings (SSSR count). The third kappa shape index (κ3) is 5.00. The van der Waals surface area contributed by atoms with Crippen LogP contribution in [0.1, 0.15) is 30.1 Å². The van der Waals surface area contributed by atoms with E-state index in [9.17, 15) is 29.8 Å². The molecule has 0 atom stereocenters. The van der Waals surface area contributed by atoms with Gasteiger partial charge < -0.3 is 9.64 Å². The van der Waals surface area contributed by atoms with Crippen molar-refractivity contribution in [3.8, 4) is 0 Å². The van der Waals surface area contributed by atoms with Crippen LogP contribution in [0.25, 0.3) is 0 Å². The van der Waals surface area contributed by atoms with Crippen LogP contribution in [0.4, 0.5) is 11.4 Å². The van der Waals surface area contributed by atoms with Gasteiger partial charge in [0.1, 0.15) is 0 Å². The number of benzene rings is 1. The zero-order chi connectivity index (χ0) is 18.3. The van der Waals surface area contributed by atoms with E-state index in [1.54, 1.807) is 0 Å². The smallest absolute Gasteiger partial charge is 0.307 e. The first-order chi connectivity index (χ1) is 11.3. The molecule has 0 spiro atoms. The maximum absolute atomic E-state index is 12.5. The van der Waals surface area contributed by atoms with Crippen LogP contribution < -0.4 is 0 Å². The zero-order valence-electron chi connectivity index (χ0n) is 13.3. The lowest BCUT2D eigenvalue weighted by Gasteiger charge is -2.21. The zero-order valence-corrected chi connectivity index (χ0v) is 13.3. The Labute approximate surface area is 137 Å². The highest BCUT2D eigenvalue weighted by Crippen LogP contribution is 2.23. The van der Waals surface area contributed by atoms with Gasteiger partial charge in [0.15, 0.2) is 0 Å². The van der Waals surface area contributed by atoms with Gasteiger partial charge in [-0.1, -0.05) is 6.92 Å². The van der Waals surface area contributed by atoms with Crippen LogP contribution in [0.2, 0.25) is 0 Å². The van der Waals surface area contributed by atoms with Gasteiger partial charge in [0.25, 0.3) is 17.3 Å². The van der Waals surface area contributed by atoms with E-state index in [0.29, 0.717) is 13.0 Å². The molecule has 0 radical (unpaired) electrons. The number of carbonyl (C=O) groups is 2. The number of nitrogens with zero attached hydrogens (tertiary/aromatic N) is 3. The van der Waals surface area contributed by atoms with Crippen LogP contribution >= 0.6 is 0 Å². The molecule has 0 saturated heterocycles. The van der Waals surface area contributed by atoms with Crippen molar-refractivity contribution in [3.63, 3.8) is 0 Å². The molecule has 0 aliphatic rings. The quantitative estimate of drug-likeness (QED) is 0.401. The second-order valence-electron chi connectivity index (χ2n) is 4.87. The molecule has 0 heterocycles. The number of esters is 1. The molecule has 24 heavy (non-hydrogen) atoms. The molecule has 0 unspecified atom stereocenters. The summed E-state index contributed by atoms with van der Waals surface area (Å²) < 4.78 is 4.51. The predicted octanol–water partition coefficient (Wildman–Crippen LogP) is 1.92. The molecular weight excluding hydrogens is 322 g/mol. The summed E-state index contributed by atoms with van der Waals surface area (Å²) in [5.41, 5.74) is -1.26. The summed E-state index contributed by atoms with van der Waals surface area (Å²) in [7, 11) is 1.22. The Balaban J connectivity index is 3.14. The van der Waals surface area contributed by atoms with Crippen molar-refractivity contribution in [2.75, 3.05) is 20.2 Å². The van der Waals surface area contributed by atoms with E-state index in [1.807, 2.05) is 6.92 Å². The van der Waals surface area contributed by atoms with Gasteiger partial charge in [-0.2, -0.15) is 0 Å². The van der Waals surface area contributed by atoms with Crippen LogP contribution in [0.3, 0.4) is 0 Å². The Bertz CT molecular complexity index is 628. The SMILES string of the molecule is CCCN(CCC(=O)OC)C(=O)c1cc([N+](=O)[O-])cc([N+](=O)[O-])c1. The molecule has 0 bridgehead atoms. The maximum atomic E-state index is 12.5. The van der Waals surface area contributed by atoms with Crippen molar-refractivity contribution in [1.29, 1.82) is 0 Å². The van der Waals surface area contributed by atoms with Crippen molar-refractivity contribution < 1.29 is 24.2 Å². The third-order valence-corrected chi connectivity index (χ3v) is 3.17. The molecule has 0 saturated carbocycles. The number of hydrogen-bond donors (Lipinski definition) is 0. The van der Waals surface area contributed by atoms with Crippen molar-refractivity contribution in [2.24, 2.45) is 0 Å². The van der Waals surface area contributed by atoms with E-state index in [-0.39, 0.29) is 18.5 Å². The lowest BCUT2D eigenvalue weighted by Crippen LogP contribution is -2.34. The van der Waals surface area contributed by atoms with Gasteiger partial charge in [0.2, 0.25) is 0 Å². The topological polar surface area (TPSA) is 133 Å². The lowest BCUT2D eigenvalue weighted by atomic mass is 10.1. The average Bonchev–Trinajstić information content (AvgIpc) is 2.56. The molecule has 0 aromatic heterocycles. The van der Waals surface area contributed by atoms with Crippen LogP contribution in [0.15, 0.2) is 18.2 Å². The first-order valence-corrected chi connectivity index (χ1v) is 7.10. The minimum Gasteiger partial charge on any atom is -0.469 e. The average molecular weight is 339 g/mol. The van der Waals surface area contributed by atoms with Crippen molar-refractivity contribution in [3.05, 3.63) is 44.0 Å². The van der Waals surface area contributed by atoms with Crippen molar-refractivity contribution in [1.82, 2.24) is 4.90 Å². The summed E-state index contributed by atoms with van der Waals surface area (Å²) in [5.74, 6) is -1.12. The van der Waals surface area contributed by atoms with E-state index < -0.39 is 33.1 Å². The Kier molecular flexibility index (Phi) is 6.78. The second-order valence-corrected chi connectivity index (χ2v) is 4.87. The van der Waals surface area contributed by atoms with Crippen LogP contribution in [-0.4, -0.2) is 46.8 Å². The van der Waals surface area contributed by atoms with Gasteiger partial charge in [-0.25, -0.2) is 0 Å². The van der Waals surface area contributed by atoms with E-state index in [2.05, 4.69) is 4.74 Å². The van der Waals surface area contributed by atoms with Crippen molar-refractivity contribution >= 4 is 23.3 Å². The fourth-order valence-corrected chi connectivity index (χ4v) is 2.03. The molecule has 10 heteroatoms. The monoisotopic (exact) mass is 339 g/mol. The van der Waals surface area contributed by atoms with Crippen LogP contribution in [0, 0.1) is 20.2 Å². The van der Waals surface area contributed by atoms with E-state index in [1.165, 1.54) is 12.0 Å². The molecular formula is C14H17N3O7. The Morgan fingerprint density at radius 1 is 1.08 bits per heavy atom. The molecule has 1 aromatic rings. The van der Waals surface area contributed by atoms with E-state index in [4.69, 9.17) is 0 Å². The second kappa shape index (κ2) is 8.56. The molecule has 0 aliphatic carbocycles. The van der Waals surface area contributed by atoms with Gasteiger partial charge in [-0.15, -0.1) is 0 Å². The normalized spacial score (nSPS) is 10.1. The predicted molar refractivity (Wildman–Crippen MR) is 82.6 cm³/mol. The number of rotatable bonds is 8. The summed E-state index contributed by atoms with van der Waals surface area (Å²) in [4.78, 5) is 45.2. The van der Waals surface area contributed by atoms with Gasteiger partial charge in [0.05, 0.1) is 35.0 Å². The van der Waals surface area contributed by atoms with Gasteiger partial charge in [-0.3, -0.25) is 29.8 Å². The number of nitro groups is 2. The Morgan fingerprint density at radius 3 is 2.04 bits per heavy atom. The number of methoxy groups -OCH3 is 1. The highest BCUT2D eigenvalue weighted by atomic mass is 16.6. The standard InChI is InChI=1S/C14H17N3O7/c1-3-5-15(6-4-13(18)24-2)14(19)10-7-11(16(20)21)9-12(8-10)17(22)23/h7-9H,3-6H2,1-2H3. The van der Waals surface area contributed by atoms with Crippen LogP contribution in [0.5, 0.6) is 0 Å². The number of carbonyl (C=O) groups excluding carboxylic acids is 2. The van der Waals surface area contributed by atoms with Gasteiger partial charge >= 0.3 is 5.97 Å². The molecule has 10 nitrogen and oxygen atoms in total. The summed E-state index contributed by atoms with van der Waals surface area (Å²) in [5, 5.41) is 21.8. The first kappa shape index (κ1) is 19.0. The Hall–Kier alpha value is -3.04. The highest BCUT2D eigenvalue weighted by molar-refractivity contribution is 5.95.